The molecule has 0 heterocycles. The lowest BCUT2D eigenvalue weighted by Crippen LogP contribution is -2.48. The van der Waals surface area contributed by atoms with Gasteiger partial charge in [-0.25, -0.2) is 0 Å². The molecule has 204 valence electrons. The minimum absolute atomic E-state index is 0.0243. The highest BCUT2D eigenvalue weighted by atomic mass is 19.4. The molecule has 1 aliphatic rings. The predicted molar refractivity (Wildman–Crippen MR) is 115 cm³/mol. The van der Waals surface area contributed by atoms with E-state index in [2.05, 4.69) is 10.6 Å². The molecule has 4 nitrogen and oxygen atoms in total. The summed E-state index contributed by atoms with van der Waals surface area (Å²) in [5, 5.41) is 15.4. The Bertz CT molecular complexity index is 1110. The number of rotatable bonds is 8. The molecule has 0 radical (unpaired) electrons. The first kappa shape index (κ1) is 28.6. The number of aryl methyl sites for hydroxylation is 1. The lowest BCUT2D eigenvalue weighted by atomic mass is 9.89. The Kier molecular flexibility index (Phi) is 7.79. The number of hydrogen-bond acceptors (Lipinski definition) is 3. The number of hydrogen-bond donors (Lipinski definition) is 3. The van der Waals surface area contributed by atoms with Crippen molar-refractivity contribution in [2.24, 2.45) is 5.92 Å². The van der Waals surface area contributed by atoms with Crippen LogP contribution in [0.15, 0.2) is 36.4 Å². The molecule has 3 N–H and O–H groups in total. The van der Waals surface area contributed by atoms with E-state index in [4.69, 9.17) is 0 Å². The zero-order valence-electron chi connectivity index (χ0n) is 19.3. The van der Waals surface area contributed by atoms with Gasteiger partial charge in [-0.2, -0.15) is 39.5 Å². The number of carbonyl (C=O) groups is 1. The number of nitrogens with one attached hydrogen (secondary N) is 2. The standard InChI is InChI=1S/C24H23F9N2O2/c1-13-6-19(5-4-15(13)11-34-20(36)7-14-2-3-14)35-12-21(37,24(31,32)33)16-8-17(22(25,26)27)10-18(9-16)23(28,29)30/h4-6,8-10,14,35,37H,2-3,7,11-12H2,1H3,(H,34,36)/t21-/m0/s1. The van der Waals surface area contributed by atoms with Gasteiger partial charge in [-0.15, -0.1) is 0 Å². The number of aliphatic hydroxyl groups is 1. The van der Waals surface area contributed by atoms with Crippen molar-refractivity contribution < 1.29 is 49.4 Å². The van der Waals surface area contributed by atoms with E-state index < -0.39 is 47.4 Å². The van der Waals surface area contributed by atoms with Crippen LogP contribution in [0.5, 0.6) is 0 Å². The van der Waals surface area contributed by atoms with Crippen LogP contribution in [0.2, 0.25) is 0 Å². The highest BCUT2D eigenvalue weighted by Crippen LogP contribution is 2.44. The maximum Gasteiger partial charge on any atom is 0.423 e. The summed E-state index contributed by atoms with van der Waals surface area (Å²) in [5.41, 5.74) is -8.44. The topological polar surface area (TPSA) is 61.4 Å². The highest BCUT2D eigenvalue weighted by molar-refractivity contribution is 5.76. The molecular weight excluding hydrogens is 519 g/mol. The molecule has 2 aromatic rings. The largest absolute Gasteiger partial charge is 0.423 e. The second-order valence-electron chi connectivity index (χ2n) is 9.07. The van der Waals surface area contributed by atoms with E-state index in [0.29, 0.717) is 23.5 Å². The maximum absolute atomic E-state index is 13.9. The number of amides is 1. The van der Waals surface area contributed by atoms with Gasteiger partial charge in [-0.3, -0.25) is 4.79 Å². The average Bonchev–Trinajstić information content (AvgIpc) is 3.58. The van der Waals surface area contributed by atoms with Crippen molar-refractivity contribution >= 4 is 11.6 Å². The Hall–Kier alpha value is -2.96. The SMILES string of the molecule is Cc1cc(NC[C@](O)(c2cc(C(F)(F)F)cc(C(F)(F)F)c2)C(F)(F)F)ccc1CNC(=O)CC1CC1. The zero-order chi connectivity index (χ0) is 27.8. The fourth-order valence-corrected chi connectivity index (χ4v) is 3.64. The molecule has 1 aliphatic carbocycles. The van der Waals surface area contributed by atoms with Crippen molar-refractivity contribution in [2.75, 3.05) is 11.9 Å². The van der Waals surface area contributed by atoms with Gasteiger partial charge in [0.25, 0.3) is 0 Å². The van der Waals surface area contributed by atoms with Crippen molar-refractivity contribution in [1.29, 1.82) is 0 Å². The lowest BCUT2D eigenvalue weighted by molar-refractivity contribution is -0.261. The second-order valence-corrected chi connectivity index (χ2v) is 9.07. The van der Waals surface area contributed by atoms with Gasteiger partial charge >= 0.3 is 18.5 Å². The second kappa shape index (κ2) is 10.1. The normalized spacial score (nSPS) is 16.3. The first-order chi connectivity index (χ1) is 16.9. The van der Waals surface area contributed by atoms with Gasteiger partial charge < -0.3 is 15.7 Å². The number of carbonyl (C=O) groups excluding carboxylic acids is 1. The lowest BCUT2D eigenvalue weighted by Gasteiger charge is -2.32. The van der Waals surface area contributed by atoms with E-state index >= 15 is 0 Å². The highest BCUT2D eigenvalue weighted by Gasteiger charge is 2.56. The predicted octanol–water partition coefficient (Wildman–Crippen LogP) is 6.31. The first-order valence-corrected chi connectivity index (χ1v) is 11.1. The molecule has 0 aliphatic heterocycles. The molecule has 2 aromatic carbocycles. The summed E-state index contributed by atoms with van der Waals surface area (Å²) in [6, 6.07) is 3.57. The van der Waals surface area contributed by atoms with Crippen LogP contribution >= 0.6 is 0 Å². The number of benzene rings is 2. The Morgan fingerprint density at radius 2 is 1.43 bits per heavy atom. The maximum atomic E-state index is 13.9. The molecular formula is C24H23F9N2O2. The number of anilines is 1. The summed E-state index contributed by atoms with van der Waals surface area (Å²) < 4.78 is 121. The van der Waals surface area contributed by atoms with Gasteiger partial charge in [0.05, 0.1) is 17.7 Å². The van der Waals surface area contributed by atoms with Crippen LogP contribution in [0.1, 0.15) is 47.1 Å². The number of halogens is 9. The van der Waals surface area contributed by atoms with Crippen molar-refractivity contribution in [1.82, 2.24) is 5.32 Å². The van der Waals surface area contributed by atoms with Gasteiger partial charge in [0.15, 0.2) is 0 Å². The summed E-state index contributed by atoms with van der Waals surface area (Å²) in [6.07, 6.45) is -14.0. The third-order valence-electron chi connectivity index (χ3n) is 6.07. The summed E-state index contributed by atoms with van der Waals surface area (Å²) in [5.74, 6) is 0.239. The van der Waals surface area contributed by atoms with Crippen LogP contribution in [0.3, 0.4) is 0 Å². The Labute approximate surface area is 205 Å². The van der Waals surface area contributed by atoms with Crippen molar-refractivity contribution in [2.45, 2.75) is 56.9 Å². The van der Waals surface area contributed by atoms with Crippen LogP contribution < -0.4 is 10.6 Å². The van der Waals surface area contributed by atoms with Crippen LogP contribution in [0, 0.1) is 12.8 Å². The fourth-order valence-electron chi connectivity index (χ4n) is 3.64. The monoisotopic (exact) mass is 542 g/mol. The molecule has 0 aromatic heterocycles. The summed E-state index contributed by atoms with van der Waals surface area (Å²) in [7, 11) is 0. The van der Waals surface area contributed by atoms with Gasteiger partial charge in [0.1, 0.15) is 0 Å². The molecule has 37 heavy (non-hydrogen) atoms. The van der Waals surface area contributed by atoms with Crippen LogP contribution in [-0.2, 0) is 29.3 Å². The fraction of sp³-hybridized carbons (Fsp3) is 0.458. The molecule has 0 spiro atoms. The van der Waals surface area contributed by atoms with Gasteiger partial charge in [-0.05, 0) is 72.7 Å². The van der Waals surface area contributed by atoms with Crippen molar-refractivity contribution in [3.8, 4) is 0 Å². The molecule has 13 heteroatoms. The molecule has 1 amide bonds. The zero-order valence-corrected chi connectivity index (χ0v) is 19.3. The number of alkyl halides is 9. The van der Waals surface area contributed by atoms with Gasteiger partial charge in [0, 0.05) is 18.7 Å². The summed E-state index contributed by atoms with van der Waals surface area (Å²) in [4.78, 5) is 11.9. The van der Waals surface area contributed by atoms with Crippen LogP contribution in [0.25, 0.3) is 0 Å². The van der Waals surface area contributed by atoms with Crippen LogP contribution in [0.4, 0.5) is 45.2 Å². The molecule has 0 bridgehead atoms. The van der Waals surface area contributed by atoms with E-state index in [0.717, 1.165) is 12.8 Å². The minimum Gasteiger partial charge on any atom is -0.381 e. The van der Waals surface area contributed by atoms with E-state index in [-0.39, 0.29) is 36.3 Å². The van der Waals surface area contributed by atoms with Gasteiger partial charge in [0.2, 0.25) is 11.5 Å². The van der Waals surface area contributed by atoms with Gasteiger partial charge in [-0.1, -0.05) is 6.07 Å². The molecule has 1 saturated carbocycles. The quantitative estimate of drug-likeness (QED) is 0.343. The molecule has 0 unspecified atom stereocenters. The van der Waals surface area contributed by atoms with E-state index in [1.165, 1.54) is 18.2 Å². The first-order valence-electron chi connectivity index (χ1n) is 11.1. The van der Waals surface area contributed by atoms with E-state index in [9.17, 15) is 49.4 Å². The molecule has 1 atom stereocenters. The third-order valence-corrected chi connectivity index (χ3v) is 6.07. The average molecular weight is 542 g/mol. The third kappa shape index (κ3) is 7.08. The van der Waals surface area contributed by atoms with E-state index in [1.54, 1.807) is 6.92 Å². The summed E-state index contributed by atoms with van der Waals surface area (Å²) in [6.45, 7) is 0.298. The summed E-state index contributed by atoms with van der Waals surface area (Å²) >= 11 is 0. The molecule has 1 fully saturated rings. The minimum atomic E-state index is -5.63. The Morgan fingerprint density at radius 3 is 1.89 bits per heavy atom. The van der Waals surface area contributed by atoms with E-state index in [1.807, 2.05) is 0 Å². The molecule has 3 rings (SSSR count). The van der Waals surface area contributed by atoms with Crippen molar-refractivity contribution in [3.63, 3.8) is 0 Å². The Balaban J connectivity index is 1.84. The smallest absolute Gasteiger partial charge is 0.381 e. The molecule has 0 saturated heterocycles. The Morgan fingerprint density at radius 1 is 0.892 bits per heavy atom. The van der Waals surface area contributed by atoms with Crippen molar-refractivity contribution in [3.05, 3.63) is 64.2 Å². The van der Waals surface area contributed by atoms with Crippen LogP contribution in [-0.4, -0.2) is 23.7 Å².